The number of rotatable bonds is 0. The van der Waals surface area contributed by atoms with Crippen molar-refractivity contribution in [3.05, 3.63) is 35.8 Å². The summed E-state index contributed by atoms with van der Waals surface area (Å²) in [5.41, 5.74) is 0.621. The summed E-state index contributed by atoms with van der Waals surface area (Å²) in [6.07, 6.45) is -2.96. The second-order valence-corrected chi connectivity index (χ2v) is 3.90. The zero-order valence-corrected chi connectivity index (χ0v) is 9.23. The van der Waals surface area contributed by atoms with Crippen LogP contribution >= 0.6 is 0 Å². The molecule has 2 heterocycles. The lowest BCUT2D eigenvalue weighted by atomic mass is 10.2. The Morgan fingerprint density at radius 2 is 1.94 bits per heavy atom. The summed E-state index contributed by atoms with van der Waals surface area (Å²) in [5, 5.41) is 7.74. The van der Waals surface area contributed by atoms with Gasteiger partial charge in [-0.25, -0.2) is 0 Å². The summed E-state index contributed by atoms with van der Waals surface area (Å²) in [6, 6.07) is 3.44. The van der Waals surface area contributed by atoms with E-state index in [1.165, 1.54) is 12.3 Å². The van der Waals surface area contributed by atoms with Crippen molar-refractivity contribution < 1.29 is 13.2 Å². The standard InChI is InChI=1S/C11H7F3N4/c1-6-16-17-10-5-15-8-4-7(11(12,13)14)2-3-9(8)18(6)10/h2-5H,1H3. The van der Waals surface area contributed by atoms with Gasteiger partial charge in [0.15, 0.2) is 5.65 Å². The van der Waals surface area contributed by atoms with Crippen LogP contribution in [0.25, 0.3) is 16.7 Å². The lowest BCUT2D eigenvalue weighted by molar-refractivity contribution is -0.137. The average molecular weight is 252 g/mol. The van der Waals surface area contributed by atoms with Crippen molar-refractivity contribution in [2.24, 2.45) is 0 Å². The molecule has 0 unspecified atom stereocenters. The van der Waals surface area contributed by atoms with E-state index in [2.05, 4.69) is 15.2 Å². The van der Waals surface area contributed by atoms with Gasteiger partial charge in [0.2, 0.25) is 0 Å². The molecule has 0 amide bonds. The molecule has 1 aromatic carbocycles. The Bertz CT molecular complexity index is 745. The first-order valence-corrected chi connectivity index (χ1v) is 5.14. The highest BCUT2D eigenvalue weighted by atomic mass is 19.4. The third-order valence-corrected chi connectivity index (χ3v) is 2.71. The van der Waals surface area contributed by atoms with Crippen molar-refractivity contribution in [2.75, 3.05) is 0 Å². The van der Waals surface area contributed by atoms with Crippen LogP contribution in [0.5, 0.6) is 0 Å². The lowest BCUT2D eigenvalue weighted by Gasteiger charge is -2.08. The van der Waals surface area contributed by atoms with Crippen molar-refractivity contribution in [1.29, 1.82) is 0 Å². The first kappa shape index (κ1) is 10.9. The van der Waals surface area contributed by atoms with Gasteiger partial charge in [0, 0.05) is 0 Å². The highest BCUT2D eigenvalue weighted by molar-refractivity contribution is 5.78. The summed E-state index contributed by atoms with van der Waals surface area (Å²) in [7, 11) is 0. The van der Waals surface area contributed by atoms with Crippen LogP contribution in [0, 0.1) is 6.92 Å². The van der Waals surface area contributed by atoms with Crippen LogP contribution in [-0.2, 0) is 6.18 Å². The molecule has 0 spiro atoms. The molecule has 3 aromatic rings. The molecule has 0 saturated heterocycles. The molecule has 3 rings (SSSR count). The highest BCUT2D eigenvalue weighted by Crippen LogP contribution is 2.31. The van der Waals surface area contributed by atoms with Gasteiger partial charge in [0.25, 0.3) is 0 Å². The number of alkyl halides is 3. The molecule has 0 fully saturated rings. The van der Waals surface area contributed by atoms with Crippen LogP contribution in [0.1, 0.15) is 11.4 Å². The molecule has 0 radical (unpaired) electrons. The molecule has 7 heteroatoms. The van der Waals surface area contributed by atoms with Crippen LogP contribution in [0.3, 0.4) is 0 Å². The molecule has 4 nitrogen and oxygen atoms in total. The number of aromatic nitrogens is 4. The molecule has 0 bridgehead atoms. The zero-order chi connectivity index (χ0) is 12.9. The fourth-order valence-electron chi connectivity index (χ4n) is 1.88. The zero-order valence-electron chi connectivity index (χ0n) is 9.23. The van der Waals surface area contributed by atoms with Gasteiger partial charge in [-0.15, -0.1) is 10.2 Å². The van der Waals surface area contributed by atoms with E-state index in [4.69, 9.17) is 0 Å². The molecule has 0 aliphatic heterocycles. The van der Waals surface area contributed by atoms with Gasteiger partial charge in [-0.3, -0.25) is 9.38 Å². The van der Waals surface area contributed by atoms with Gasteiger partial charge >= 0.3 is 6.18 Å². The van der Waals surface area contributed by atoms with E-state index >= 15 is 0 Å². The minimum Gasteiger partial charge on any atom is -0.276 e. The minimum atomic E-state index is -4.37. The van der Waals surface area contributed by atoms with E-state index in [0.29, 0.717) is 17.0 Å². The summed E-state index contributed by atoms with van der Waals surface area (Å²) >= 11 is 0. The summed E-state index contributed by atoms with van der Waals surface area (Å²) < 4.78 is 39.4. The third kappa shape index (κ3) is 1.51. The predicted octanol–water partition coefficient (Wildman–Crippen LogP) is 2.60. The Hall–Kier alpha value is -2.18. The smallest absolute Gasteiger partial charge is 0.276 e. The Kier molecular flexibility index (Phi) is 2.07. The Labute approximate surface area is 99.1 Å². The van der Waals surface area contributed by atoms with Gasteiger partial charge in [0.1, 0.15) is 5.82 Å². The summed E-state index contributed by atoms with van der Waals surface area (Å²) in [5.74, 6) is 0.608. The molecule has 0 N–H and O–H groups in total. The van der Waals surface area contributed by atoms with Gasteiger partial charge < -0.3 is 0 Å². The first-order valence-electron chi connectivity index (χ1n) is 5.14. The van der Waals surface area contributed by atoms with Crippen molar-refractivity contribution in [3.63, 3.8) is 0 Å². The van der Waals surface area contributed by atoms with E-state index in [1.807, 2.05) is 0 Å². The number of benzene rings is 1. The topological polar surface area (TPSA) is 43.1 Å². The third-order valence-electron chi connectivity index (χ3n) is 2.71. The van der Waals surface area contributed by atoms with Gasteiger partial charge in [0.05, 0.1) is 22.8 Å². The van der Waals surface area contributed by atoms with E-state index in [0.717, 1.165) is 12.1 Å². The molecule has 0 aliphatic carbocycles. The highest BCUT2D eigenvalue weighted by Gasteiger charge is 2.30. The van der Waals surface area contributed by atoms with Crippen LogP contribution in [0.4, 0.5) is 13.2 Å². The molecular formula is C11H7F3N4. The molecule has 2 aromatic heterocycles. The molecular weight excluding hydrogens is 245 g/mol. The SMILES string of the molecule is Cc1nnc2cnc3cc(C(F)(F)F)ccc3n12. The maximum Gasteiger partial charge on any atom is 0.416 e. The Morgan fingerprint density at radius 1 is 1.17 bits per heavy atom. The van der Waals surface area contributed by atoms with Crippen LogP contribution in [-0.4, -0.2) is 19.6 Å². The van der Waals surface area contributed by atoms with Crippen molar-refractivity contribution in [2.45, 2.75) is 13.1 Å². The first-order chi connectivity index (χ1) is 8.47. The second-order valence-electron chi connectivity index (χ2n) is 3.90. The monoisotopic (exact) mass is 252 g/mol. The Balaban J connectivity index is 2.37. The van der Waals surface area contributed by atoms with E-state index in [1.54, 1.807) is 11.3 Å². The number of halogens is 3. The molecule has 0 aliphatic rings. The van der Waals surface area contributed by atoms with Crippen molar-refractivity contribution in [1.82, 2.24) is 19.6 Å². The van der Waals surface area contributed by atoms with Gasteiger partial charge in [-0.05, 0) is 25.1 Å². The van der Waals surface area contributed by atoms with E-state index in [9.17, 15) is 13.2 Å². The van der Waals surface area contributed by atoms with Crippen molar-refractivity contribution >= 4 is 16.7 Å². The number of fused-ring (bicyclic) bond motifs is 3. The molecule has 92 valence electrons. The number of aryl methyl sites for hydroxylation is 1. The Morgan fingerprint density at radius 3 is 2.67 bits per heavy atom. The molecule has 0 atom stereocenters. The maximum absolute atomic E-state index is 12.6. The van der Waals surface area contributed by atoms with Crippen LogP contribution in [0.15, 0.2) is 24.4 Å². The lowest BCUT2D eigenvalue weighted by Crippen LogP contribution is -2.05. The fraction of sp³-hybridized carbons (Fsp3) is 0.182. The van der Waals surface area contributed by atoms with Crippen LogP contribution in [0.2, 0.25) is 0 Å². The van der Waals surface area contributed by atoms with Crippen molar-refractivity contribution in [3.8, 4) is 0 Å². The van der Waals surface area contributed by atoms with Gasteiger partial charge in [-0.1, -0.05) is 0 Å². The number of hydrogen-bond donors (Lipinski definition) is 0. The minimum absolute atomic E-state index is 0.264. The fourth-order valence-corrected chi connectivity index (χ4v) is 1.88. The average Bonchev–Trinajstić information content (AvgIpc) is 2.69. The van der Waals surface area contributed by atoms with Gasteiger partial charge in [-0.2, -0.15) is 13.2 Å². The normalized spacial score (nSPS) is 12.4. The molecule has 0 saturated carbocycles. The van der Waals surface area contributed by atoms with E-state index in [-0.39, 0.29) is 5.52 Å². The largest absolute Gasteiger partial charge is 0.416 e. The maximum atomic E-state index is 12.6. The number of hydrogen-bond acceptors (Lipinski definition) is 3. The number of nitrogens with zero attached hydrogens (tertiary/aromatic N) is 4. The summed E-state index contributed by atoms with van der Waals surface area (Å²) in [6.45, 7) is 1.73. The predicted molar refractivity (Wildman–Crippen MR) is 58.0 cm³/mol. The van der Waals surface area contributed by atoms with Crippen LogP contribution < -0.4 is 0 Å². The molecule has 18 heavy (non-hydrogen) atoms. The van der Waals surface area contributed by atoms with E-state index < -0.39 is 11.7 Å². The quantitative estimate of drug-likeness (QED) is 0.617. The second kappa shape index (κ2) is 3.41. The summed E-state index contributed by atoms with van der Waals surface area (Å²) in [4.78, 5) is 3.97.